The third-order valence-corrected chi connectivity index (χ3v) is 4.80. The summed E-state index contributed by atoms with van der Waals surface area (Å²) >= 11 is 19.6. The first-order chi connectivity index (χ1) is 9.99. The minimum absolute atomic E-state index is 0.232. The Labute approximate surface area is 149 Å². The van der Waals surface area contributed by atoms with Gasteiger partial charge in [-0.15, -0.1) is 11.6 Å². The standard InChI is InChI=1S/C15H10Br2Cl2N2/c1-8(18)15-20-14-11(19)3-2-4-13(14)21(15)12-6-5-9(16)7-10(12)17/h2-8H,1H3. The van der Waals surface area contributed by atoms with Gasteiger partial charge in [0, 0.05) is 8.95 Å². The van der Waals surface area contributed by atoms with E-state index in [0.29, 0.717) is 5.02 Å². The molecule has 1 atom stereocenters. The maximum absolute atomic E-state index is 6.31. The van der Waals surface area contributed by atoms with Crippen molar-refractivity contribution in [3.63, 3.8) is 0 Å². The number of benzene rings is 2. The second kappa shape index (κ2) is 5.92. The van der Waals surface area contributed by atoms with Crippen LogP contribution in [0.25, 0.3) is 16.7 Å². The highest BCUT2D eigenvalue weighted by Gasteiger charge is 2.19. The van der Waals surface area contributed by atoms with Crippen molar-refractivity contribution in [2.24, 2.45) is 0 Å². The van der Waals surface area contributed by atoms with E-state index in [9.17, 15) is 0 Å². The number of halogens is 4. The molecule has 0 aliphatic carbocycles. The van der Waals surface area contributed by atoms with Gasteiger partial charge in [-0.05, 0) is 53.2 Å². The van der Waals surface area contributed by atoms with Gasteiger partial charge in [0.15, 0.2) is 0 Å². The average Bonchev–Trinajstić information content (AvgIpc) is 2.80. The number of para-hydroxylation sites is 1. The van der Waals surface area contributed by atoms with Crippen molar-refractivity contribution >= 4 is 66.1 Å². The van der Waals surface area contributed by atoms with Crippen LogP contribution in [0.1, 0.15) is 18.1 Å². The molecule has 1 aromatic heterocycles. The number of nitrogens with zero attached hydrogens (tertiary/aromatic N) is 2. The summed E-state index contributed by atoms with van der Waals surface area (Å²) in [4.78, 5) is 4.62. The Morgan fingerprint density at radius 3 is 2.62 bits per heavy atom. The summed E-state index contributed by atoms with van der Waals surface area (Å²) < 4.78 is 3.99. The molecule has 0 bridgehead atoms. The second-order valence-electron chi connectivity index (χ2n) is 4.62. The molecule has 0 saturated carbocycles. The Hall–Kier alpha value is -0.550. The molecule has 1 heterocycles. The van der Waals surface area contributed by atoms with E-state index in [0.717, 1.165) is 31.5 Å². The number of aromatic nitrogens is 2. The van der Waals surface area contributed by atoms with Gasteiger partial charge in [0.2, 0.25) is 0 Å². The molecule has 0 fully saturated rings. The van der Waals surface area contributed by atoms with Gasteiger partial charge in [-0.3, -0.25) is 4.57 Å². The zero-order valence-electron chi connectivity index (χ0n) is 10.9. The van der Waals surface area contributed by atoms with Crippen molar-refractivity contribution < 1.29 is 0 Å². The van der Waals surface area contributed by atoms with Crippen molar-refractivity contribution in [1.29, 1.82) is 0 Å². The van der Waals surface area contributed by atoms with E-state index >= 15 is 0 Å². The van der Waals surface area contributed by atoms with E-state index in [1.165, 1.54) is 0 Å². The molecule has 1 unspecified atom stereocenters. The van der Waals surface area contributed by atoms with E-state index in [4.69, 9.17) is 23.2 Å². The van der Waals surface area contributed by atoms with E-state index in [-0.39, 0.29) is 5.38 Å². The SMILES string of the molecule is CC(Cl)c1nc2c(Cl)cccc2n1-c1ccc(Br)cc1Br. The Balaban J connectivity index is 2.39. The molecule has 108 valence electrons. The summed E-state index contributed by atoms with van der Waals surface area (Å²) in [6.07, 6.45) is 0. The summed E-state index contributed by atoms with van der Waals surface area (Å²) in [5.41, 5.74) is 2.68. The quantitative estimate of drug-likeness (QED) is 0.409. The topological polar surface area (TPSA) is 17.8 Å². The lowest BCUT2D eigenvalue weighted by molar-refractivity contribution is 0.880. The zero-order valence-corrected chi connectivity index (χ0v) is 15.6. The first-order valence-electron chi connectivity index (χ1n) is 6.25. The van der Waals surface area contributed by atoms with Crippen LogP contribution < -0.4 is 0 Å². The number of fused-ring (bicyclic) bond motifs is 1. The van der Waals surface area contributed by atoms with Gasteiger partial charge in [-0.25, -0.2) is 4.98 Å². The van der Waals surface area contributed by atoms with Crippen molar-refractivity contribution in [2.45, 2.75) is 12.3 Å². The number of imidazole rings is 1. The Morgan fingerprint density at radius 2 is 1.95 bits per heavy atom. The van der Waals surface area contributed by atoms with Crippen LogP contribution in [0.2, 0.25) is 5.02 Å². The van der Waals surface area contributed by atoms with Crippen LogP contribution in [0.15, 0.2) is 45.3 Å². The fourth-order valence-electron chi connectivity index (χ4n) is 2.27. The highest BCUT2D eigenvalue weighted by molar-refractivity contribution is 9.11. The summed E-state index contributed by atoms with van der Waals surface area (Å²) in [6.45, 7) is 1.90. The molecule has 0 aliphatic heterocycles. The number of hydrogen-bond acceptors (Lipinski definition) is 1. The monoisotopic (exact) mass is 446 g/mol. The number of hydrogen-bond donors (Lipinski definition) is 0. The highest BCUT2D eigenvalue weighted by atomic mass is 79.9. The molecular formula is C15H10Br2Cl2N2. The Morgan fingerprint density at radius 1 is 1.19 bits per heavy atom. The normalized spacial score (nSPS) is 12.8. The molecular weight excluding hydrogens is 439 g/mol. The number of alkyl halides is 1. The Bertz CT molecular complexity index is 828. The summed E-state index contributed by atoms with van der Waals surface area (Å²) in [5, 5.41) is 0.391. The second-order valence-corrected chi connectivity index (χ2v) is 7.46. The molecule has 0 aliphatic rings. The van der Waals surface area contributed by atoms with Crippen LogP contribution in [0.3, 0.4) is 0 Å². The maximum Gasteiger partial charge on any atom is 0.132 e. The predicted molar refractivity (Wildman–Crippen MR) is 95.7 cm³/mol. The van der Waals surface area contributed by atoms with Crippen LogP contribution in [0, 0.1) is 0 Å². The molecule has 2 nitrogen and oxygen atoms in total. The van der Waals surface area contributed by atoms with E-state index in [1.54, 1.807) is 0 Å². The average molecular weight is 449 g/mol. The van der Waals surface area contributed by atoms with Crippen LogP contribution in [0.4, 0.5) is 0 Å². The molecule has 6 heteroatoms. The zero-order chi connectivity index (χ0) is 15.1. The third-order valence-electron chi connectivity index (χ3n) is 3.17. The minimum Gasteiger partial charge on any atom is -0.294 e. The van der Waals surface area contributed by atoms with Gasteiger partial charge in [0.05, 0.1) is 21.6 Å². The van der Waals surface area contributed by atoms with Crippen LogP contribution in [-0.4, -0.2) is 9.55 Å². The lowest BCUT2D eigenvalue weighted by Crippen LogP contribution is -2.02. The fourth-order valence-corrected chi connectivity index (χ4v) is 3.85. The van der Waals surface area contributed by atoms with E-state index in [2.05, 4.69) is 36.8 Å². The summed E-state index contributed by atoms with van der Waals surface area (Å²) in [7, 11) is 0. The largest absolute Gasteiger partial charge is 0.294 e. The van der Waals surface area contributed by atoms with Gasteiger partial charge < -0.3 is 0 Å². The van der Waals surface area contributed by atoms with E-state index < -0.39 is 0 Å². The van der Waals surface area contributed by atoms with Crippen molar-refractivity contribution in [2.75, 3.05) is 0 Å². The predicted octanol–water partition coefficient (Wildman–Crippen LogP) is 6.50. The number of rotatable bonds is 2. The molecule has 0 amide bonds. The molecule has 3 rings (SSSR count). The molecule has 3 aromatic rings. The van der Waals surface area contributed by atoms with Gasteiger partial charge in [0.1, 0.15) is 11.3 Å². The lowest BCUT2D eigenvalue weighted by atomic mass is 10.2. The summed E-state index contributed by atoms with van der Waals surface area (Å²) in [5.74, 6) is 0.766. The molecule has 0 saturated heterocycles. The molecule has 21 heavy (non-hydrogen) atoms. The van der Waals surface area contributed by atoms with Crippen molar-refractivity contribution in [3.8, 4) is 5.69 Å². The van der Waals surface area contributed by atoms with Crippen LogP contribution >= 0.6 is 55.1 Å². The lowest BCUT2D eigenvalue weighted by Gasteiger charge is -2.12. The highest BCUT2D eigenvalue weighted by Crippen LogP contribution is 2.34. The molecule has 2 aromatic carbocycles. The van der Waals surface area contributed by atoms with Gasteiger partial charge >= 0.3 is 0 Å². The van der Waals surface area contributed by atoms with Crippen molar-refractivity contribution in [1.82, 2.24) is 9.55 Å². The van der Waals surface area contributed by atoms with E-state index in [1.807, 2.05) is 47.9 Å². The van der Waals surface area contributed by atoms with Gasteiger partial charge in [0.25, 0.3) is 0 Å². The van der Waals surface area contributed by atoms with Crippen LogP contribution in [0.5, 0.6) is 0 Å². The first kappa shape index (κ1) is 15.3. The van der Waals surface area contributed by atoms with Crippen LogP contribution in [-0.2, 0) is 0 Å². The third kappa shape index (κ3) is 2.74. The Kier molecular flexibility index (Phi) is 4.33. The molecule has 0 N–H and O–H groups in total. The first-order valence-corrected chi connectivity index (χ1v) is 8.65. The maximum atomic E-state index is 6.31. The summed E-state index contributed by atoms with van der Waals surface area (Å²) in [6, 6.07) is 11.7. The molecule has 0 radical (unpaired) electrons. The smallest absolute Gasteiger partial charge is 0.132 e. The van der Waals surface area contributed by atoms with Gasteiger partial charge in [-0.1, -0.05) is 33.6 Å². The van der Waals surface area contributed by atoms with Crippen molar-refractivity contribution in [3.05, 3.63) is 56.2 Å². The molecule has 0 spiro atoms. The fraction of sp³-hybridized carbons (Fsp3) is 0.133. The van der Waals surface area contributed by atoms with Gasteiger partial charge in [-0.2, -0.15) is 0 Å². The minimum atomic E-state index is -0.232.